The molecule has 14 aromatic rings. The topological polar surface area (TPSA) is 9.86 Å². The van der Waals surface area contributed by atoms with E-state index in [1.54, 1.807) is 0 Å². The lowest BCUT2D eigenvalue weighted by Gasteiger charge is -2.23. The van der Waals surface area contributed by atoms with E-state index in [4.69, 9.17) is 0 Å². The van der Waals surface area contributed by atoms with Crippen molar-refractivity contribution in [3.05, 3.63) is 291 Å². The van der Waals surface area contributed by atoms with E-state index in [1.165, 1.54) is 76.5 Å². The second kappa shape index (κ2) is 18.1. The van der Waals surface area contributed by atoms with E-state index < -0.39 is 0 Å². The van der Waals surface area contributed by atoms with E-state index >= 15 is 0 Å². The maximum Gasteiger partial charge on any atom is 0.0535 e. The lowest BCUT2D eigenvalue weighted by atomic mass is 9.82. The Kier molecular flexibility index (Phi) is 10.6. The molecule has 0 unspecified atom stereocenters. The SMILES string of the molecule is c1ccc(-c2cc3ccccc3cc2-c2c3ccc(-n4c(-c5ccccc5)ccc4-c4ccccc4)cc3c(-c3ccc4ccccc4c3)c3ccc(-n4c(-c5ccccc5)ccc4-c4ccccc4)cc23)cc1. The van der Waals surface area contributed by atoms with Crippen LogP contribution in [-0.2, 0) is 0 Å². The van der Waals surface area contributed by atoms with Crippen LogP contribution in [0.15, 0.2) is 291 Å². The van der Waals surface area contributed by atoms with Crippen molar-refractivity contribution in [3.63, 3.8) is 0 Å². The first kappa shape index (κ1) is 43.1. The molecular formula is C72H48N2. The molecule has 0 aliphatic carbocycles. The fourth-order valence-corrected chi connectivity index (χ4v) is 11.5. The molecule has 0 amide bonds. The highest BCUT2D eigenvalue weighted by Gasteiger charge is 2.24. The predicted molar refractivity (Wildman–Crippen MR) is 313 cm³/mol. The molecule has 0 aliphatic rings. The summed E-state index contributed by atoms with van der Waals surface area (Å²) < 4.78 is 4.91. The Labute approximate surface area is 431 Å². The Morgan fingerprint density at radius 1 is 0.189 bits per heavy atom. The van der Waals surface area contributed by atoms with Gasteiger partial charge in [-0.1, -0.05) is 224 Å². The van der Waals surface area contributed by atoms with Gasteiger partial charge in [0.2, 0.25) is 0 Å². The zero-order chi connectivity index (χ0) is 49.0. The van der Waals surface area contributed by atoms with E-state index in [9.17, 15) is 0 Å². The molecule has 0 radical (unpaired) electrons. The zero-order valence-corrected chi connectivity index (χ0v) is 40.6. The first-order chi connectivity index (χ1) is 36.7. The fourth-order valence-electron chi connectivity index (χ4n) is 11.5. The highest BCUT2D eigenvalue weighted by atomic mass is 15.0. The van der Waals surface area contributed by atoms with Gasteiger partial charge in [0.1, 0.15) is 0 Å². The highest BCUT2D eigenvalue weighted by Crippen LogP contribution is 2.49. The van der Waals surface area contributed by atoms with Gasteiger partial charge in [-0.3, -0.25) is 0 Å². The van der Waals surface area contributed by atoms with Gasteiger partial charge in [-0.05, 0) is 165 Å². The number of benzene rings is 12. The molecule has 2 aromatic heterocycles. The van der Waals surface area contributed by atoms with E-state index in [0.29, 0.717) is 0 Å². The first-order valence-electron chi connectivity index (χ1n) is 25.5. The molecule has 0 saturated heterocycles. The summed E-state index contributed by atoms with van der Waals surface area (Å²) in [6.45, 7) is 0. The van der Waals surface area contributed by atoms with E-state index in [2.05, 4.69) is 300 Å². The summed E-state index contributed by atoms with van der Waals surface area (Å²) in [6, 6.07) is 107. The maximum atomic E-state index is 2.47. The Bertz CT molecular complexity index is 4260. The van der Waals surface area contributed by atoms with Gasteiger partial charge in [0.15, 0.2) is 0 Å². The molecule has 74 heavy (non-hydrogen) atoms. The largest absolute Gasteiger partial charge is 0.309 e. The molecule has 0 N–H and O–H groups in total. The second-order valence-electron chi connectivity index (χ2n) is 19.2. The van der Waals surface area contributed by atoms with E-state index in [0.717, 1.165) is 56.4 Å². The molecule has 0 aliphatic heterocycles. The fraction of sp³-hybridized carbons (Fsp3) is 0. The Morgan fingerprint density at radius 2 is 0.541 bits per heavy atom. The molecule has 0 saturated carbocycles. The van der Waals surface area contributed by atoms with Crippen LogP contribution in [0, 0.1) is 0 Å². The standard InChI is InChI=1S/C72H48N2/c1-6-21-50(22-7-1)63-45-56-32-18-19-33-57(56)46-64(63)72-62-39-37-59(73-67(51-23-8-2-9-24-51)40-41-68(73)52-25-10-3-11-26-52)47-65(62)71(58-35-34-49-20-16-17-31-55(49)44-58)61-38-36-60(48-66(61)72)74-69(53-27-12-4-13-28-53)42-43-70(74)54-29-14-5-15-30-54/h1-48H. The van der Waals surface area contributed by atoms with Gasteiger partial charge >= 0.3 is 0 Å². The summed E-state index contributed by atoms with van der Waals surface area (Å²) in [6.07, 6.45) is 0. The third kappa shape index (κ3) is 7.43. The average Bonchev–Trinajstić information content (AvgIpc) is 4.14. The quantitative estimate of drug-likeness (QED) is 0.128. The van der Waals surface area contributed by atoms with Crippen LogP contribution in [0.5, 0.6) is 0 Å². The average molecular weight is 941 g/mol. The van der Waals surface area contributed by atoms with Crippen LogP contribution in [0.4, 0.5) is 0 Å². The minimum Gasteiger partial charge on any atom is -0.309 e. The Balaban J connectivity index is 1.15. The molecule has 14 rings (SSSR count). The number of aromatic nitrogens is 2. The van der Waals surface area contributed by atoms with Gasteiger partial charge in [-0.2, -0.15) is 0 Å². The van der Waals surface area contributed by atoms with Gasteiger partial charge in [0.25, 0.3) is 0 Å². The third-order valence-corrected chi connectivity index (χ3v) is 14.9. The molecule has 2 heterocycles. The van der Waals surface area contributed by atoms with Crippen molar-refractivity contribution in [1.82, 2.24) is 9.13 Å². The zero-order valence-electron chi connectivity index (χ0n) is 40.6. The van der Waals surface area contributed by atoms with Gasteiger partial charge in [-0.15, -0.1) is 0 Å². The van der Waals surface area contributed by atoms with Crippen molar-refractivity contribution in [2.24, 2.45) is 0 Å². The number of rotatable bonds is 9. The van der Waals surface area contributed by atoms with Gasteiger partial charge in [-0.25, -0.2) is 0 Å². The van der Waals surface area contributed by atoms with Crippen LogP contribution in [0.2, 0.25) is 0 Å². The maximum absolute atomic E-state index is 2.47. The summed E-state index contributed by atoms with van der Waals surface area (Å²) in [5.74, 6) is 0. The molecule has 0 bridgehead atoms. The van der Waals surface area contributed by atoms with Crippen molar-refractivity contribution in [2.75, 3.05) is 0 Å². The van der Waals surface area contributed by atoms with Crippen molar-refractivity contribution in [3.8, 4) is 89.8 Å². The first-order valence-corrected chi connectivity index (χ1v) is 25.5. The smallest absolute Gasteiger partial charge is 0.0535 e. The summed E-state index contributed by atoms with van der Waals surface area (Å²) in [5.41, 5.74) is 18.5. The van der Waals surface area contributed by atoms with Crippen LogP contribution >= 0.6 is 0 Å². The second-order valence-corrected chi connectivity index (χ2v) is 19.2. The van der Waals surface area contributed by atoms with Crippen LogP contribution in [0.25, 0.3) is 133 Å². The molecule has 0 spiro atoms. The van der Waals surface area contributed by atoms with Gasteiger partial charge in [0, 0.05) is 11.4 Å². The molecule has 346 valence electrons. The monoisotopic (exact) mass is 940 g/mol. The Hall–Kier alpha value is -9.76. The van der Waals surface area contributed by atoms with Crippen LogP contribution in [0.1, 0.15) is 0 Å². The molecule has 0 fully saturated rings. The summed E-state index contributed by atoms with van der Waals surface area (Å²) in [7, 11) is 0. The normalized spacial score (nSPS) is 11.5. The van der Waals surface area contributed by atoms with Crippen molar-refractivity contribution >= 4 is 43.1 Å². The molecule has 12 aromatic carbocycles. The number of fused-ring (bicyclic) bond motifs is 4. The van der Waals surface area contributed by atoms with Crippen LogP contribution in [-0.4, -0.2) is 9.13 Å². The van der Waals surface area contributed by atoms with Gasteiger partial charge in [0.05, 0.1) is 22.8 Å². The lowest BCUT2D eigenvalue weighted by Crippen LogP contribution is -2.02. The summed E-state index contributed by atoms with van der Waals surface area (Å²) in [4.78, 5) is 0. The van der Waals surface area contributed by atoms with Crippen LogP contribution in [0.3, 0.4) is 0 Å². The van der Waals surface area contributed by atoms with E-state index in [-0.39, 0.29) is 0 Å². The number of hydrogen-bond acceptors (Lipinski definition) is 0. The van der Waals surface area contributed by atoms with Gasteiger partial charge < -0.3 is 9.13 Å². The molecule has 2 heteroatoms. The summed E-state index contributed by atoms with van der Waals surface area (Å²) >= 11 is 0. The lowest BCUT2D eigenvalue weighted by molar-refractivity contribution is 1.10. The minimum absolute atomic E-state index is 1.09. The number of hydrogen-bond donors (Lipinski definition) is 0. The summed E-state index contributed by atoms with van der Waals surface area (Å²) in [5, 5.41) is 9.57. The molecule has 0 atom stereocenters. The minimum atomic E-state index is 1.09. The number of nitrogens with zero attached hydrogens (tertiary/aromatic N) is 2. The van der Waals surface area contributed by atoms with Crippen molar-refractivity contribution in [2.45, 2.75) is 0 Å². The van der Waals surface area contributed by atoms with Crippen molar-refractivity contribution < 1.29 is 0 Å². The van der Waals surface area contributed by atoms with Crippen molar-refractivity contribution in [1.29, 1.82) is 0 Å². The molecular weight excluding hydrogens is 893 g/mol. The third-order valence-electron chi connectivity index (χ3n) is 14.9. The Morgan fingerprint density at radius 3 is 0.986 bits per heavy atom. The van der Waals surface area contributed by atoms with Crippen LogP contribution < -0.4 is 0 Å². The molecule has 2 nitrogen and oxygen atoms in total. The van der Waals surface area contributed by atoms with E-state index in [1.807, 2.05) is 0 Å². The predicted octanol–water partition coefficient (Wildman–Crippen LogP) is 19.5. The highest BCUT2D eigenvalue weighted by molar-refractivity contribution is 6.24.